The van der Waals surface area contributed by atoms with Crippen LogP contribution in [-0.4, -0.2) is 62.8 Å². The zero-order valence-corrected chi connectivity index (χ0v) is 37.5. The van der Waals surface area contributed by atoms with Crippen LogP contribution in [0.1, 0.15) is 189 Å². The predicted octanol–water partition coefficient (Wildman–Crippen LogP) is 10.0. The SMILES string of the molecule is Cc1nnc(C(C)C)n1C1CCN(C(=O)[C@]23CC[C@@H](C4(C)CC4)[C@@H]2[C@H]2CC[C@@H]4[C@@]5(C)CC[C@H](OC(=O)CC(C)(C)OC=O)C(C)(C)[C@@H]5CC[C@@]4(C)[C@]2(C)CC3)CC1. The molecule has 2 heterocycles. The third-order valence-electron chi connectivity index (χ3n) is 19.5. The molecule has 1 amide bonds. The summed E-state index contributed by atoms with van der Waals surface area (Å²) in [4.78, 5) is 42.0. The highest BCUT2D eigenvalue weighted by Gasteiger charge is 2.74. The van der Waals surface area contributed by atoms with Crippen LogP contribution in [0.2, 0.25) is 0 Å². The molecule has 0 bridgehead atoms. The fourth-order valence-corrected chi connectivity index (χ4v) is 16.1. The first-order chi connectivity index (χ1) is 26.7. The topological polar surface area (TPSA) is 104 Å². The first-order valence-electron chi connectivity index (χ1n) is 23.2. The molecule has 0 spiro atoms. The third kappa shape index (κ3) is 6.20. The average molecular weight is 789 g/mol. The molecule has 7 fully saturated rings. The second kappa shape index (κ2) is 13.8. The Morgan fingerprint density at radius 3 is 2.16 bits per heavy atom. The van der Waals surface area contributed by atoms with E-state index >= 15 is 4.79 Å². The van der Waals surface area contributed by atoms with Crippen molar-refractivity contribution in [3.8, 4) is 0 Å². The summed E-state index contributed by atoms with van der Waals surface area (Å²) in [7, 11) is 0. The van der Waals surface area contributed by atoms with E-state index in [0.29, 0.717) is 59.3 Å². The standard InChI is InChI=1S/C48H76N4O5/c1-30(2)40-50-49-31(3)52(40)32-17-26-51(27-18-32)41(55)48-21-14-33(44(8)22-23-44)39(48)34-12-13-36-45(9)19-16-37(57-38(54)28-42(4,5)56-29-53)43(6,7)35(45)15-20-47(36,11)46(34,10)24-25-48/h29-30,32-37,39H,12-28H2,1-11H3/t33-,34-,35+,36-,37+,39-,45+,46-,47-,48+/m1/s1. The molecule has 1 aliphatic heterocycles. The second-order valence-corrected chi connectivity index (χ2v) is 23.3. The van der Waals surface area contributed by atoms with Crippen molar-refractivity contribution >= 4 is 18.3 Å². The fourth-order valence-electron chi connectivity index (χ4n) is 16.1. The van der Waals surface area contributed by atoms with Gasteiger partial charge in [0.15, 0.2) is 0 Å². The predicted molar refractivity (Wildman–Crippen MR) is 221 cm³/mol. The summed E-state index contributed by atoms with van der Waals surface area (Å²) in [6.45, 7) is 27.4. The van der Waals surface area contributed by atoms with Crippen molar-refractivity contribution in [1.82, 2.24) is 19.7 Å². The van der Waals surface area contributed by atoms with Crippen LogP contribution in [0.25, 0.3) is 0 Å². The summed E-state index contributed by atoms with van der Waals surface area (Å²) in [6, 6.07) is 0.361. The van der Waals surface area contributed by atoms with E-state index in [0.717, 1.165) is 76.1 Å². The molecule has 1 aromatic heterocycles. The largest absolute Gasteiger partial charge is 0.462 e. The maximum atomic E-state index is 15.4. The van der Waals surface area contributed by atoms with Gasteiger partial charge in [-0.05, 0) is 162 Å². The van der Waals surface area contributed by atoms with Gasteiger partial charge in [-0.25, -0.2) is 0 Å². The van der Waals surface area contributed by atoms with Crippen LogP contribution >= 0.6 is 0 Å². The number of piperidine rings is 1. The Morgan fingerprint density at radius 1 is 0.807 bits per heavy atom. The van der Waals surface area contributed by atoms with Crippen molar-refractivity contribution in [2.24, 2.45) is 62.1 Å². The Labute approximate surface area is 343 Å². The zero-order valence-electron chi connectivity index (χ0n) is 37.5. The minimum atomic E-state index is -0.878. The molecule has 6 saturated carbocycles. The zero-order chi connectivity index (χ0) is 41.1. The Hall–Kier alpha value is -2.45. The molecule has 9 nitrogen and oxygen atoms in total. The molecule has 1 aromatic rings. The minimum absolute atomic E-state index is 0.0617. The molecule has 8 rings (SSSR count). The highest BCUT2D eigenvalue weighted by atomic mass is 16.6. The number of likely N-dealkylation sites (tertiary alicyclic amines) is 1. The van der Waals surface area contributed by atoms with Crippen molar-refractivity contribution in [2.75, 3.05) is 13.1 Å². The van der Waals surface area contributed by atoms with Gasteiger partial charge in [0.1, 0.15) is 23.4 Å². The van der Waals surface area contributed by atoms with Crippen LogP contribution in [0.15, 0.2) is 0 Å². The lowest BCUT2D eigenvalue weighted by Gasteiger charge is -2.73. The van der Waals surface area contributed by atoms with Gasteiger partial charge in [0.25, 0.3) is 6.47 Å². The van der Waals surface area contributed by atoms with Crippen LogP contribution in [-0.2, 0) is 23.9 Å². The summed E-state index contributed by atoms with van der Waals surface area (Å²) in [5.41, 5.74) is -0.299. The van der Waals surface area contributed by atoms with Gasteiger partial charge in [-0.2, -0.15) is 0 Å². The molecule has 10 atom stereocenters. The van der Waals surface area contributed by atoms with Crippen LogP contribution in [0, 0.1) is 69.0 Å². The number of aromatic nitrogens is 3. The van der Waals surface area contributed by atoms with Gasteiger partial charge in [0, 0.05) is 30.5 Å². The van der Waals surface area contributed by atoms with E-state index in [1.165, 1.54) is 38.5 Å². The van der Waals surface area contributed by atoms with Crippen LogP contribution in [0.4, 0.5) is 0 Å². The van der Waals surface area contributed by atoms with Gasteiger partial charge in [0.2, 0.25) is 5.91 Å². The Balaban J connectivity index is 1.03. The number of fused-ring (bicyclic) bond motifs is 7. The molecular formula is C48H76N4O5. The summed E-state index contributed by atoms with van der Waals surface area (Å²) in [5.74, 6) is 5.41. The molecule has 7 aliphatic rings. The number of rotatable bonds is 9. The number of carbonyl (C=O) groups excluding carboxylic acids is 3. The normalized spacial score (nSPS) is 41.0. The first kappa shape index (κ1) is 41.3. The quantitative estimate of drug-likeness (QED) is 0.181. The molecule has 0 radical (unpaired) electrons. The van der Waals surface area contributed by atoms with Crippen LogP contribution < -0.4 is 0 Å². The lowest BCUT2D eigenvalue weighted by atomic mass is 9.32. The number of carbonyl (C=O) groups is 3. The molecular weight excluding hydrogens is 713 g/mol. The van der Waals surface area contributed by atoms with Gasteiger partial charge >= 0.3 is 5.97 Å². The summed E-state index contributed by atoms with van der Waals surface area (Å²) in [6.07, 6.45) is 15.8. The number of aryl methyl sites for hydroxylation is 1. The monoisotopic (exact) mass is 789 g/mol. The van der Waals surface area contributed by atoms with E-state index < -0.39 is 5.60 Å². The van der Waals surface area contributed by atoms with Gasteiger partial charge in [-0.1, -0.05) is 55.4 Å². The smallest absolute Gasteiger partial charge is 0.310 e. The van der Waals surface area contributed by atoms with Crippen molar-refractivity contribution in [1.29, 1.82) is 0 Å². The number of esters is 1. The minimum Gasteiger partial charge on any atom is -0.462 e. The molecule has 0 aromatic carbocycles. The van der Waals surface area contributed by atoms with Crippen molar-refractivity contribution in [2.45, 2.75) is 196 Å². The molecule has 6 aliphatic carbocycles. The van der Waals surface area contributed by atoms with E-state index in [4.69, 9.17) is 9.47 Å². The molecule has 57 heavy (non-hydrogen) atoms. The molecule has 0 N–H and O–H groups in total. The van der Waals surface area contributed by atoms with E-state index in [9.17, 15) is 9.59 Å². The number of nitrogens with zero attached hydrogens (tertiary/aromatic N) is 4. The lowest BCUT2D eigenvalue weighted by molar-refractivity contribution is -0.251. The third-order valence-corrected chi connectivity index (χ3v) is 19.5. The number of amides is 1. The van der Waals surface area contributed by atoms with Crippen LogP contribution in [0.3, 0.4) is 0 Å². The van der Waals surface area contributed by atoms with Gasteiger partial charge in [-0.15, -0.1) is 10.2 Å². The highest BCUT2D eigenvalue weighted by Crippen LogP contribution is 2.79. The van der Waals surface area contributed by atoms with Gasteiger partial charge < -0.3 is 18.9 Å². The van der Waals surface area contributed by atoms with Crippen molar-refractivity contribution in [3.05, 3.63) is 11.6 Å². The Morgan fingerprint density at radius 2 is 1.51 bits per heavy atom. The lowest BCUT2D eigenvalue weighted by Crippen LogP contribution is -2.67. The summed E-state index contributed by atoms with van der Waals surface area (Å²) < 4.78 is 13.9. The molecule has 9 heteroatoms. The number of hydrogen-bond donors (Lipinski definition) is 0. The first-order valence-corrected chi connectivity index (χ1v) is 23.2. The maximum Gasteiger partial charge on any atom is 0.310 e. The van der Waals surface area contributed by atoms with Crippen LogP contribution in [0.5, 0.6) is 0 Å². The second-order valence-electron chi connectivity index (χ2n) is 23.3. The summed E-state index contributed by atoms with van der Waals surface area (Å²) >= 11 is 0. The number of ether oxygens (including phenoxy) is 2. The van der Waals surface area contributed by atoms with E-state index in [1.54, 1.807) is 13.8 Å². The Bertz CT molecular complexity index is 1740. The Kier molecular flexibility index (Phi) is 9.99. The maximum absolute atomic E-state index is 15.4. The van der Waals surface area contributed by atoms with E-state index in [1.807, 2.05) is 0 Å². The van der Waals surface area contributed by atoms with Gasteiger partial charge in [0.05, 0.1) is 11.8 Å². The average Bonchev–Trinajstić information content (AvgIpc) is 3.56. The fraction of sp³-hybridized carbons (Fsp3) is 0.896. The molecule has 318 valence electrons. The summed E-state index contributed by atoms with van der Waals surface area (Å²) in [5, 5.41) is 9.01. The molecule has 0 unspecified atom stereocenters. The van der Waals surface area contributed by atoms with Crippen molar-refractivity contribution in [3.63, 3.8) is 0 Å². The van der Waals surface area contributed by atoms with E-state index in [-0.39, 0.29) is 45.6 Å². The van der Waals surface area contributed by atoms with Crippen molar-refractivity contribution < 1.29 is 23.9 Å². The van der Waals surface area contributed by atoms with Gasteiger partial charge in [-0.3, -0.25) is 14.4 Å². The number of hydrogen-bond acceptors (Lipinski definition) is 7. The highest BCUT2D eigenvalue weighted by molar-refractivity contribution is 5.84. The van der Waals surface area contributed by atoms with E-state index in [2.05, 4.69) is 82.0 Å². The molecule has 1 saturated heterocycles.